The van der Waals surface area contributed by atoms with Crippen LogP contribution in [0.3, 0.4) is 0 Å². The van der Waals surface area contributed by atoms with Crippen LogP contribution in [0.25, 0.3) is 0 Å². The Labute approximate surface area is 108 Å². The van der Waals surface area contributed by atoms with Gasteiger partial charge in [-0.15, -0.1) is 0 Å². The maximum atomic E-state index is 5.72. The SMILES string of the molecule is CCC(CCN)N1CCCC(C(C)(C)C)CC1. The average Bonchev–Trinajstić information content (AvgIpc) is 2.50. The minimum atomic E-state index is 0.478. The standard InChI is InChI=1S/C15H32N2/c1-5-14(8-10-16)17-11-6-7-13(9-12-17)15(2,3)4/h13-14H,5-12,16H2,1-4H3. The van der Waals surface area contributed by atoms with E-state index in [1.54, 1.807) is 0 Å². The van der Waals surface area contributed by atoms with Gasteiger partial charge < -0.3 is 10.6 Å². The van der Waals surface area contributed by atoms with Crippen molar-refractivity contribution in [3.8, 4) is 0 Å². The third-order valence-corrected chi connectivity index (χ3v) is 4.47. The Bertz CT molecular complexity index is 207. The molecule has 2 N–H and O–H groups in total. The molecule has 2 heteroatoms. The van der Waals surface area contributed by atoms with E-state index in [0.717, 1.165) is 24.9 Å². The lowest BCUT2D eigenvalue weighted by Crippen LogP contribution is -2.37. The zero-order valence-corrected chi connectivity index (χ0v) is 12.3. The van der Waals surface area contributed by atoms with Gasteiger partial charge in [0.15, 0.2) is 0 Å². The van der Waals surface area contributed by atoms with Gasteiger partial charge in [0.2, 0.25) is 0 Å². The Morgan fingerprint density at radius 1 is 1.24 bits per heavy atom. The first-order valence-corrected chi connectivity index (χ1v) is 7.43. The molecular weight excluding hydrogens is 208 g/mol. The molecular formula is C15H32N2. The molecule has 0 aromatic heterocycles. The molecule has 0 aliphatic carbocycles. The van der Waals surface area contributed by atoms with Crippen molar-refractivity contribution in [3.63, 3.8) is 0 Å². The van der Waals surface area contributed by atoms with E-state index in [1.165, 1.54) is 38.8 Å². The molecule has 0 aromatic rings. The summed E-state index contributed by atoms with van der Waals surface area (Å²) in [5.41, 5.74) is 6.20. The number of rotatable bonds is 4. The van der Waals surface area contributed by atoms with Crippen molar-refractivity contribution in [2.24, 2.45) is 17.1 Å². The Hall–Kier alpha value is -0.0800. The molecule has 0 aromatic carbocycles. The van der Waals surface area contributed by atoms with E-state index in [-0.39, 0.29) is 0 Å². The highest BCUT2D eigenvalue weighted by Gasteiger charge is 2.28. The molecule has 1 fully saturated rings. The third-order valence-electron chi connectivity index (χ3n) is 4.47. The normalized spacial score (nSPS) is 25.6. The van der Waals surface area contributed by atoms with E-state index in [2.05, 4.69) is 32.6 Å². The molecule has 0 spiro atoms. The lowest BCUT2D eigenvalue weighted by molar-refractivity contribution is 0.173. The summed E-state index contributed by atoms with van der Waals surface area (Å²) in [6, 6.07) is 0.721. The highest BCUT2D eigenvalue weighted by Crippen LogP contribution is 2.34. The van der Waals surface area contributed by atoms with Crippen molar-refractivity contribution in [1.29, 1.82) is 0 Å². The van der Waals surface area contributed by atoms with Gasteiger partial charge in [-0.3, -0.25) is 0 Å². The maximum absolute atomic E-state index is 5.72. The first-order valence-electron chi connectivity index (χ1n) is 7.43. The fourth-order valence-corrected chi connectivity index (χ4v) is 3.19. The van der Waals surface area contributed by atoms with Crippen LogP contribution in [0.4, 0.5) is 0 Å². The van der Waals surface area contributed by atoms with Crippen LogP contribution in [0.5, 0.6) is 0 Å². The molecule has 1 saturated heterocycles. The molecule has 0 bridgehead atoms. The Morgan fingerprint density at radius 2 is 1.94 bits per heavy atom. The van der Waals surface area contributed by atoms with Crippen LogP contribution in [0.1, 0.15) is 59.8 Å². The number of nitrogens with zero attached hydrogens (tertiary/aromatic N) is 1. The lowest BCUT2D eigenvalue weighted by Gasteiger charge is -2.31. The van der Waals surface area contributed by atoms with Gasteiger partial charge in [0.1, 0.15) is 0 Å². The fraction of sp³-hybridized carbons (Fsp3) is 1.00. The molecule has 1 aliphatic rings. The van der Waals surface area contributed by atoms with E-state index in [0.29, 0.717) is 5.41 Å². The number of nitrogens with two attached hydrogens (primary N) is 1. The summed E-state index contributed by atoms with van der Waals surface area (Å²) >= 11 is 0. The van der Waals surface area contributed by atoms with Crippen molar-refractivity contribution in [1.82, 2.24) is 4.90 Å². The number of hydrogen-bond acceptors (Lipinski definition) is 2. The van der Waals surface area contributed by atoms with Gasteiger partial charge in [0.05, 0.1) is 0 Å². The van der Waals surface area contributed by atoms with Gasteiger partial charge in [-0.2, -0.15) is 0 Å². The molecule has 102 valence electrons. The van der Waals surface area contributed by atoms with E-state index in [1.807, 2.05) is 0 Å². The summed E-state index contributed by atoms with van der Waals surface area (Å²) in [5, 5.41) is 0. The zero-order valence-electron chi connectivity index (χ0n) is 12.3. The Kier molecular flexibility index (Phi) is 5.94. The minimum Gasteiger partial charge on any atom is -0.330 e. The summed E-state index contributed by atoms with van der Waals surface area (Å²) in [4.78, 5) is 2.69. The second-order valence-electron chi connectivity index (χ2n) is 6.67. The predicted molar refractivity (Wildman–Crippen MR) is 76.1 cm³/mol. The predicted octanol–water partition coefficient (Wildman–Crippen LogP) is 3.26. The molecule has 2 unspecified atom stereocenters. The van der Waals surface area contributed by atoms with Gasteiger partial charge in [0.25, 0.3) is 0 Å². The van der Waals surface area contributed by atoms with E-state index in [9.17, 15) is 0 Å². The Morgan fingerprint density at radius 3 is 2.47 bits per heavy atom. The van der Waals surface area contributed by atoms with Crippen molar-refractivity contribution in [2.45, 2.75) is 65.8 Å². The summed E-state index contributed by atoms with van der Waals surface area (Å²) < 4.78 is 0. The van der Waals surface area contributed by atoms with Crippen molar-refractivity contribution in [3.05, 3.63) is 0 Å². The van der Waals surface area contributed by atoms with Crippen molar-refractivity contribution in [2.75, 3.05) is 19.6 Å². The summed E-state index contributed by atoms with van der Waals surface area (Å²) in [5.74, 6) is 0.892. The average molecular weight is 240 g/mol. The van der Waals surface area contributed by atoms with Gasteiger partial charge >= 0.3 is 0 Å². The summed E-state index contributed by atoms with van der Waals surface area (Å²) in [6.07, 6.45) is 6.54. The van der Waals surface area contributed by atoms with E-state index in [4.69, 9.17) is 5.73 Å². The first kappa shape index (κ1) is 15.0. The molecule has 2 nitrogen and oxygen atoms in total. The van der Waals surface area contributed by atoms with Crippen LogP contribution < -0.4 is 5.73 Å². The second-order valence-corrected chi connectivity index (χ2v) is 6.67. The Balaban J connectivity index is 2.52. The molecule has 0 saturated carbocycles. The molecule has 1 rings (SSSR count). The van der Waals surface area contributed by atoms with Gasteiger partial charge in [0, 0.05) is 6.04 Å². The van der Waals surface area contributed by atoms with E-state index >= 15 is 0 Å². The lowest BCUT2D eigenvalue weighted by atomic mass is 9.77. The molecule has 0 radical (unpaired) electrons. The van der Waals surface area contributed by atoms with Crippen molar-refractivity contribution < 1.29 is 0 Å². The monoisotopic (exact) mass is 240 g/mol. The first-order chi connectivity index (χ1) is 7.99. The van der Waals surface area contributed by atoms with Crippen LogP contribution >= 0.6 is 0 Å². The smallest absolute Gasteiger partial charge is 0.0105 e. The van der Waals surface area contributed by atoms with Crippen LogP contribution in [0, 0.1) is 11.3 Å². The van der Waals surface area contributed by atoms with E-state index < -0.39 is 0 Å². The van der Waals surface area contributed by atoms with Gasteiger partial charge in [-0.1, -0.05) is 27.7 Å². The molecule has 1 heterocycles. The van der Waals surface area contributed by atoms with Crippen LogP contribution in [0.2, 0.25) is 0 Å². The molecule has 1 aliphatic heterocycles. The summed E-state index contributed by atoms with van der Waals surface area (Å²) in [6.45, 7) is 12.9. The number of hydrogen-bond donors (Lipinski definition) is 1. The van der Waals surface area contributed by atoms with Crippen LogP contribution in [0.15, 0.2) is 0 Å². The quantitative estimate of drug-likeness (QED) is 0.817. The topological polar surface area (TPSA) is 29.3 Å². The van der Waals surface area contributed by atoms with Crippen LogP contribution in [-0.2, 0) is 0 Å². The molecule has 0 amide bonds. The minimum absolute atomic E-state index is 0.478. The number of likely N-dealkylation sites (tertiary alicyclic amines) is 1. The fourth-order valence-electron chi connectivity index (χ4n) is 3.19. The largest absolute Gasteiger partial charge is 0.330 e. The molecule has 2 atom stereocenters. The maximum Gasteiger partial charge on any atom is 0.0105 e. The van der Waals surface area contributed by atoms with Gasteiger partial charge in [-0.25, -0.2) is 0 Å². The van der Waals surface area contributed by atoms with Gasteiger partial charge in [-0.05, 0) is 63.1 Å². The van der Waals surface area contributed by atoms with Crippen LogP contribution in [-0.4, -0.2) is 30.6 Å². The highest BCUT2D eigenvalue weighted by atomic mass is 15.2. The summed E-state index contributed by atoms with van der Waals surface area (Å²) in [7, 11) is 0. The zero-order chi connectivity index (χ0) is 12.9. The molecule has 17 heavy (non-hydrogen) atoms. The van der Waals surface area contributed by atoms with Crippen molar-refractivity contribution >= 4 is 0 Å². The second kappa shape index (κ2) is 6.75. The highest BCUT2D eigenvalue weighted by molar-refractivity contribution is 4.81. The third kappa shape index (κ3) is 4.59.